The Bertz CT molecular complexity index is 825. The topological polar surface area (TPSA) is 101 Å². The van der Waals surface area contributed by atoms with E-state index >= 15 is 0 Å². The molecule has 0 aliphatic rings. The zero-order chi connectivity index (χ0) is 17.9. The molecule has 24 heavy (non-hydrogen) atoms. The van der Waals surface area contributed by atoms with Gasteiger partial charge in [0.2, 0.25) is 0 Å². The van der Waals surface area contributed by atoms with E-state index < -0.39 is 5.97 Å². The molecule has 2 N–H and O–H groups in total. The molecule has 8 heteroatoms. The lowest BCUT2D eigenvalue weighted by Crippen LogP contribution is -2.35. The van der Waals surface area contributed by atoms with E-state index in [9.17, 15) is 14.4 Å². The summed E-state index contributed by atoms with van der Waals surface area (Å²) >= 11 is 1.10. The lowest BCUT2D eigenvalue weighted by molar-refractivity contribution is -0.124. The fraction of sp³-hybridized carbons (Fsp3) is 0.500. The Morgan fingerprint density at radius 1 is 1.38 bits per heavy atom. The van der Waals surface area contributed by atoms with E-state index in [4.69, 9.17) is 4.74 Å². The molecule has 1 amide bonds. The third-order valence-electron chi connectivity index (χ3n) is 3.57. The number of H-pyrrole nitrogens is 1. The van der Waals surface area contributed by atoms with Crippen molar-refractivity contribution < 1.29 is 14.3 Å². The largest absolute Gasteiger partial charge is 0.451 e. The van der Waals surface area contributed by atoms with Gasteiger partial charge in [0, 0.05) is 6.04 Å². The van der Waals surface area contributed by atoms with Crippen molar-refractivity contribution in [1.29, 1.82) is 0 Å². The smallest absolute Gasteiger partial charge is 0.349 e. The lowest BCUT2D eigenvalue weighted by Gasteiger charge is -2.12. The molecule has 0 bridgehead atoms. The summed E-state index contributed by atoms with van der Waals surface area (Å²) in [5, 5.41) is 3.15. The molecule has 2 aromatic rings. The Balaban J connectivity index is 2.09. The van der Waals surface area contributed by atoms with E-state index in [2.05, 4.69) is 15.3 Å². The molecule has 0 aliphatic carbocycles. The highest BCUT2D eigenvalue weighted by atomic mass is 32.1. The Morgan fingerprint density at radius 3 is 2.75 bits per heavy atom. The lowest BCUT2D eigenvalue weighted by atomic mass is 10.2. The maximum absolute atomic E-state index is 12.2. The van der Waals surface area contributed by atoms with Crippen LogP contribution in [0.5, 0.6) is 0 Å². The summed E-state index contributed by atoms with van der Waals surface area (Å²) in [6.07, 6.45) is 1.83. The van der Waals surface area contributed by atoms with Crippen LogP contribution in [0.15, 0.2) is 4.79 Å². The molecule has 2 rings (SSSR count). The third-order valence-corrected chi connectivity index (χ3v) is 4.73. The number of thiophene rings is 1. The van der Waals surface area contributed by atoms with Crippen LogP contribution in [0.1, 0.15) is 47.7 Å². The van der Waals surface area contributed by atoms with Crippen LogP contribution in [0.3, 0.4) is 0 Å². The maximum Gasteiger partial charge on any atom is 0.349 e. The van der Waals surface area contributed by atoms with Crippen molar-refractivity contribution in [1.82, 2.24) is 15.3 Å². The molecule has 0 saturated heterocycles. The highest BCUT2D eigenvalue weighted by Gasteiger charge is 2.21. The number of hydrogen-bond acceptors (Lipinski definition) is 6. The van der Waals surface area contributed by atoms with Gasteiger partial charge in [-0.3, -0.25) is 9.59 Å². The molecule has 0 fully saturated rings. The predicted octanol–water partition coefficient (Wildman–Crippen LogP) is 2.06. The van der Waals surface area contributed by atoms with Crippen molar-refractivity contribution in [2.45, 2.75) is 46.6 Å². The van der Waals surface area contributed by atoms with Crippen LogP contribution in [0.25, 0.3) is 10.2 Å². The number of rotatable bonds is 6. The van der Waals surface area contributed by atoms with E-state index in [1.165, 1.54) is 0 Å². The number of aryl methyl sites for hydroxylation is 2. The average molecular weight is 351 g/mol. The van der Waals surface area contributed by atoms with Crippen LogP contribution < -0.4 is 10.9 Å². The van der Waals surface area contributed by atoms with Crippen molar-refractivity contribution in [3.63, 3.8) is 0 Å². The summed E-state index contributed by atoms with van der Waals surface area (Å²) in [6.45, 7) is 6.94. The summed E-state index contributed by atoms with van der Waals surface area (Å²) in [5.41, 5.74) is 0.241. The van der Waals surface area contributed by atoms with Crippen molar-refractivity contribution >= 4 is 33.4 Å². The van der Waals surface area contributed by atoms with E-state index in [0.717, 1.165) is 24.2 Å². The molecule has 2 heterocycles. The Labute approximate surface area is 143 Å². The highest BCUT2D eigenvalue weighted by molar-refractivity contribution is 7.20. The van der Waals surface area contributed by atoms with Crippen LogP contribution in [0, 0.1) is 13.8 Å². The second-order valence-electron chi connectivity index (χ2n) is 5.72. The van der Waals surface area contributed by atoms with Gasteiger partial charge in [0.15, 0.2) is 6.61 Å². The Morgan fingerprint density at radius 2 is 2.08 bits per heavy atom. The van der Waals surface area contributed by atoms with Crippen LogP contribution in [0.4, 0.5) is 0 Å². The molecular formula is C16H21N3O4S. The van der Waals surface area contributed by atoms with Crippen LogP contribution in [0.2, 0.25) is 0 Å². The molecule has 0 saturated carbocycles. The minimum Gasteiger partial charge on any atom is -0.451 e. The highest BCUT2D eigenvalue weighted by Crippen LogP contribution is 2.27. The fourth-order valence-corrected chi connectivity index (χ4v) is 3.59. The predicted molar refractivity (Wildman–Crippen MR) is 92.5 cm³/mol. The monoisotopic (exact) mass is 351 g/mol. The average Bonchev–Trinajstić information content (AvgIpc) is 2.82. The van der Waals surface area contributed by atoms with Gasteiger partial charge in [-0.2, -0.15) is 0 Å². The minimum absolute atomic E-state index is 0.0398. The Kier molecular flexibility index (Phi) is 5.71. The normalized spacial score (nSPS) is 12.2. The first-order chi connectivity index (χ1) is 11.3. The molecule has 0 radical (unpaired) electrons. The molecule has 1 atom stereocenters. The maximum atomic E-state index is 12.2. The number of hydrogen-bond donors (Lipinski definition) is 2. The number of fused-ring (bicyclic) bond motifs is 1. The zero-order valence-corrected chi connectivity index (χ0v) is 15.0. The van der Waals surface area contributed by atoms with E-state index in [-0.39, 0.29) is 24.1 Å². The molecule has 0 aliphatic heterocycles. The van der Waals surface area contributed by atoms with Crippen molar-refractivity contribution in [2.24, 2.45) is 0 Å². The number of nitrogens with one attached hydrogen (secondary N) is 2. The van der Waals surface area contributed by atoms with Crippen LogP contribution in [-0.2, 0) is 9.53 Å². The summed E-state index contributed by atoms with van der Waals surface area (Å²) in [5.74, 6) is -0.473. The van der Waals surface area contributed by atoms with E-state index in [0.29, 0.717) is 26.5 Å². The fourth-order valence-electron chi connectivity index (χ4n) is 2.46. The number of ether oxygens (including phenoxy) is 1. The summed E-state index contributed by atoms with van der Waals surface area (Å²) in [4.78, 5) is 43.6. The van der Waals surface area contributed by atoms with Gasteiger partial charge < -0.3 is 15.0 Å². The van der Waals surface area contributed by atoms with E-state index in [1.54, 1.807) is 13.8 Å². The zero-order valence-electron chi connectivity index (χ0n) is 14.2. The standard InChI is InChI=1S/C16H21N3O4S/c1-5-6-8(2)17-11(20)7-23-16(22)13-9(3)12-14(21)18-10(4)19-15(12)24-13/h8H,5-7H2,1-4H3,(H,17,20)(H,18,19,21)/t8-/m1/s1. The van der Waals surface area contributed by atoms with Crippen LogP contribution in [-0.4, -0.2) is 34.5 Å². The van der Waals surface area contributed by atoms with Crippen molar-refractivity contribution in [2.75, 3.05) is 6.61 Å². The number of nitrogens with zero attached hydrogens (tertiary/aromatic N) is 1. The first-order valence-electron chi connectivity index (χ1n) is 7.80. The molecule has 7 nitrogen and oxygen atoms in total. The van der Waals surface area contributed by atoms with Crippen molar-refractivity contribution in [3.05, 3.63) is 26.6 Å². The number of carbonyl (C=O) groups excluding carboxylic acids is 2. The Hall–Kier alpha value is -2.22. The van der Waals surface area contributed by atoms with Gasteiger partial charge in [-0.15, -0.1) is 11.3 Å². The number of aromatic amines is 1. The van der Waals surface area contributed by atoms with Gasteiger partial charge >= 0.3 is 5.97 Å². The first kappa shape index (κ1) is 18.1. The number of carbonyl (C=O) groups is 2. The third kappa shape index (κ3) is 4.00. The SMILES string of the molecule is CCC[C@@H](C)NC(=O)COC(=O)c1sc2nc(C)[nH]c(=O)c2c1C. The minimum atomic E-state index is -0.620. The van der Waals surface area contributed by atoms with Gasteiger partial charge in [0.1, 0.15) is 15.5 Å². The second-order valence-corrected chi connectivity index (χ2v) is 6.72. The first-order valence-corrected chi connectivity index (χ1v) is 8.61. The molecule has 0 spiro atoms. The molecule has 0 aromatic carbocycles. The van der Waals surface area contributed by atoms with Gasteiger partial charge in [-0.25, -0.2) is 9.78 Å². The van der Waals surface area contributed by atoms with E-state index in [1.807, 2.05) is 13.8 Å². The van der Waals surface area contributed by atoms with Gasteiger partial charge in [0.25, 0.3) is 11.5 Å². The second kappa shape index (κ2) is 7.57. The number of amides is 1. The van der Waals surface area contributed by atoms with Gasteiger partial charge in [0.05, 0.1) is 5.39 Å². The quantitative estimate of drug-likeness (QED) is 0.776. The van der Waals surface area contributed by atoms with Crippen molar-refractivity contribution in [3.8, 4) is 0 Å². The summed E-state index contributed by atoms with van der Waals surface area (Å²) in [7, 11) is 0. The molecular weight excluding hydrogens is 330 g/mol. The molecule has 2 aromatic heterocycles. The van der Waals surface area contributed by atoms with Gasteiger partial charge in [-0.1, -0.05) is 13.3 Å². The number of aromatic nitrogens is 2. The van der Waals surface area contributed by atoms with Gasteiger partial charge in [-0.05, 0) is 32.8 Å². The summed E-state index contributed by atoms with van der Waals surface area (Å²) in [6, 6.07) is 0.0398. The number of esters is 1. The summed E-state index contributed by atoms with van der Waals surface area (Å²) < 4.78 is 5.07. The van der Waals surface area contributed by atoms with Crippen LogP contribution >= 0.6 is 11.3 Å². The molecule has 0 unspecified atom stereocenters. The molecule has 130 valence electrons.